The maximum atomic E-state index is 5.67. The second-order valence-electron chi connectivity index (χ2n) is 8.02. The second kappa shape index (κ2) is 9.15. The summed E-state index contributed by atoms with van der Waals surface area (Å²) in [5, 5.41) is 3.49. The maximum absolute atomic E-state index is 5.67. The van der Waals surface area contributed by atoms with Crippen LogP contribution in [0.3, 0.4) is 0 Å². The molecule has 0 amide bonds. The fourth-order valence-electron chi connectivity index (χ4n) is 3.98. The van der Waals surface area contributed by atoms with Gasteiger partial charge in [0.15, 0.2) is 5.96 Å². The van der Waals surface area contributed by atoms with Crippen molar-refractivity contribution in [1.29, 1.82) is 0 Å². The average Bonchev–Trinajstić information content (AvgIpc) is 3.45. The van der Waals surface area contributed by atoms with Crippen molar-refractivity contribution in [2.75, 3.05) is 26.7 Å². The van der Waals surface area contributed by atoms with Crippen LogP contribution in [0.1, 0.15) is 30.6 Å². The Bertz CT molecular complexity index is 960. The normalized spacial score (nSPS) is 19.8. The van der Waals surface area contributed by atoms with Crippen molar-refractivity contribution >= 4 is 5.96 Å². The molecule has 0 saturated carbocycles. The van der Waals surface area contributed by atoms with Crippen LogP contribution in [-0.4, -0.2) is 52.1 Å². The number of benzene rings is 1. The number of nitrogens with one attached hydrogen (secondary N) is 1. The molecule has 3 aromatic rings. The van der Waals surface area contributed by atoms with Gasteiger partial charge in [-0.1, -0.05) is 24.6 Å². The van der Waals surface area contributed by atoms with E-state index in [2.05, 4.69) is 61.9 Å². The van der Waals surface area contributed by atoms with Crippen molar-refractivity contribution in [3.8, 4) is 11.5 Å². The molecule has 4 rings (SSSR count). The number of oxazole rings is 1. The fraction of sp³-hybridized carbons (Fsp3) is 0.435. The van der Waals surface area contributed by atoms with E-state index in [1.54, 1.807) is 6.26 Å². The van der Waals surface area contributed by atoms with E-state index in [-0.39, 0.29) is 0 Å². The molecular weight excluding hydrogens is 376 g/mol. The highest BCUT2D eigenvalue weighted by Gasteiger charge is 2.28. The van der Waals surface area contributed by atoms with E-state index in [0.717, 1.165) is 49.7 Å². The lowest BCUT2D eigenvalue weighted by Crippen LogP contribution is -2.49. The number of guanidine groups is 1. The molecule has 3 heterocycles. The summed E-state index contributed by atoms with van der Waals surface area (Å²) in [4.78, 5) is 15.7. The molecule has 1 saturated heterocycles. The molecule has 30 heavy (non-hydrogen) atoms. The third kappa shape index (κ3) is 4.56. The van der Waals surface area contributed by atoms with Crippen molar-refractivity contribution in [1.82, 2.24) is 24.8 Å². The molecule has 2 unspecified atom stereocenters. The highest BCUT2D eigenvalue weighted by molar-refractivity contribution is 5.80. The predicted octanol–water partition coefficient (Wildman–Crippen LogP) is 3.55. The first-order valence-electron chi connectivity index (χ1n) is 10.6. The Balaban J connectivity index is 1.32. The Morgan fingerprint density at radius 1 is 1.30 bits per heavy atom. The third-order valence-electron chi connectivity index (χ3n) is 5.85. The zero-order chi connectivity index (χ0) is 20.9. The lowest BCUT2D eigenvalue weighted by molar-refractivity contribution is 0.189. The minimum absolute atomic E-state index is 0.410. The van der Waals surface area contributed by atoms with Gasteiger partial charge in [0, 0.05) is 51.1 Å². The van der Waals surface area contributed by atoms with E-state index in [1.807, 2.05) is 31.7 Å². The number of hydrogen-bond acceptors (Lipinski definition) is 4. The van der Waals surface area contributed by atoms with Gasteiger partial charge in [-0.25, -0.2) is 9.97 Å². The Morgan fingerprint density at radius 3 is 2.87 bits per heavy atom. The lowest BCUT2D eigenvalue weighted by atomic mass is 9.93. The monoisotopic (exact) mass is 406 g/mol. The van der Waals surface area contributed by atoms with E-state index < -0.39 is 0 Å². The summed E-state index contributed by atoms with van der Waals surface area (Å²) in [7, 11) is 1.85. The first-order chi connectivity index (χ1) is 14.6. The average molecular weight is 407 g/mol. The molecule has 1 N–H and O–H groups in total. The minimum Gasteiger partial charge on any atom is -0.444 e. The molecule has 1 aromatic carbocycles. The summed E-state index contributed by atoms with van der Waals surface area (Å²) in [6.45, 7) is 7.08. The zero-order valence-corrected chi connectivity index (χ0v) is 18.0. The molecule has 2 atom stereocenters. The van der Waals surface area contributed by atoms with Crippen LogP contribution in [0.4, 0.5) is 0 Å². The van der Waals surface area contributed by atoms with E-state index in [1.165, 1.54) is 5.56 Å². The van der Waals surface area contributed by atoms with Crippen LogP contribution in [0.25, 0.3) is 11.5 Å². The molecule has 158 valence electrons. The molecule has 0 aliphatic carbocycles. The highest BCUT2D eigenvalue weighted by Crippen LogP contribution is 2.27. The Morgan fingerprint density at radius 2 is 2.13 bits per heavy atom. The van der Waals surface area contributed by atoms with Crippen molar-refractivity contribution in [2.45, 2.75) is 32.7 Å². The van der Waals surface area contributed by atoms with Crippen LogP contribution in [0.5, 0.6) is 0 Å². The number of rotatable bonds is 5. The van der Waals surface area contributed by atoms with Crippen molar-refractivity contribution in [2.24, 2.45) is 10.9 Å². The van der Waals surface area contributed by atoms with Gasteiger partial charge in [0.2, 0.25) is 5.89 Å². The molecule has 7 nitrogen and oxygen atoms in total. The molecule has 2 aromatic heterocycles. The van der Waals surface area contributed by atoms with Crippen LogP contribution in [0.15, 0.2) is 58.7 Å². The molecule has 0 bridgehead atoms. The lowest BCUT2D eigenvalue weighted by Gasteiger charge is -2.39. The number of aryl methyl sites for hydroxylation is 1. The van der Waals surface area contributed by atoms with E-state index in [0.29, 0.717) is 17.9 Å². The van der Waals surface area contributed by atoms with E-state index in [4.69, 9.17) is 4.42 Å². The number of aromatic nitrogens is 3. The SMILES string of the molecule is CN=C(NCCc1coc(-c2ccc(C)cc2)n1)N1CCC(C)C(n2ccnc2)C1. The number of nitrogens with zero attached hydrogens (tertiary/aromatic N) is 5. The molecular formula is C23H30N6O. The van der Waals surface area contributed by atoms with Gasteiger partial charge in [0.05, 0.1) is 18.1 Å². The van der Waals surface area contributed by atoms with Crippen LogP contribution < -0.4 is 5.32 Å². The summed E-state index contributed by atoms with van der Waals surface area (Å²) >= 11 is 0. The van der Waals surface area contributed by atoms with Gasteiger partial charge in [-0.3, -0.25) is 4.99 Å². The summed E-state index contributed by atoms with van der Waals surface area (Å²) in [5.74, 6) is 2.22. The highest BCUT2D eigenvalue weighted by atomic mass is 16.3. The smallest absolute Gasteiger partial charge is 0.226 e. The van der Waals surface area contributed by atoms with Gasteiger partial charge >= 0.3 is 0 Å². The summed E-state index contributed by atoms with van der Waals surface area (Å²) in [5.41, 5.74) is 3.17. The predicted molar refractivity (Wildman–Crippen MR) is 118 cm³/mol. The summed E-state index contributed by atoms with van der Waals surface area (Å²) < 4.78 is 7.88. The third-order valence-corrected chi connectivity index (χ3v) is 5.85. The van der Waals surface area contributed by atoms with Crippen molar-refractivity contribution in [3.63, 3.8) is 0 Å². The fourth-order valence-corrected chi connectivity index (χ4v) is 3.98. The van der Waals surface area contributed by atoms with Crippen LogP contribution >= 0.6 is 0 Å². The molecule has 7 heteroatoms. The summed E-state index contributed by atoms with van der Waals surface area (Å²) in [6.07, 6.45) is 9.48. The maximum Gasteiger partial charge on any atom is 0.226 e. The van der Waals surface area contributed by atoms with Gasteiger partial charge in [-0.15, -0.1) is 0 Å². The van der Waals surface area contributed by atoms with Gasteiger partial charge < -0.3 is 19.2 Å². The van der Waals surface area contributed by atoms with Gasteiger partial charge in [-0.05, 0) is 31.4 Å². The topological polar surface area (TPSA) is 71.5 Å². The number of imidazole rings is 1. The standard InChI is InChI=1S/C23H30N6O/c1-17-4-6-19(7-5-17)22-27-20(15-30-22)8-10-26-23(24-3)28-12-9-18(2)21(14-28)29-13-11-25-16-29/h4-7,11,13,15-16,18,21H,8-10,12,14H2,1-3H3,(H,24,26). The first kappa shape index (κ1) is 20.2. The summed E-state index contributed by atoms with van der Waals surface area (Å²) in [6, 6.07) is 8.63. The number of aliphatic imine (C=N–C) groups is 1. The Hall–Kier alpha value is -3.09. The van der Waals surface area contributed by atoms with Gasteiger partial charge in [0.1, 0.15) is 6.26 Å². The van der Waals surface area contributed by atoms with Crippen molar-refractivity contribution < 1.29 is 4.42 Å². The van der Waals surface area contributed by atoms with Gasteiger partial charge in [0.25, 0.3) is 0 Å². The minimum atomic E-state index is 0.410. The van der Waals surface area contributed by atoms with E-state index >= 15 is 0 Å². The Kier molecular flexibility index (Phi) is 6.16. The zero-order valence-electron chi connectivity index (χ0n) is 18.0. The molecule has 1 aliphatic rings. The molecule has 0 spiro atoms. The van der Waals surface area contributed by atoms with Crippen LogP contribution in [-0.2, 0) is 6.42 Å². The van der Waals surface area contributed by atoms with Crippen LogP contribution in [0, 0.1) is 12.8 Å². The van der Waals surface area contributed by atoms with Gasteiger partial charge in [-0.2, -0.15) is 0 Å². The molecule has 0 radical (unpaired) electrons. The second-order valence-corrected chi connectivity index (χ2v) is 8.02. The van der Waals surface area contributed by atoms with E-state index in [9.17, 15) is 0 Å². The van der Waals surface area contributed by atoms with Crippen LogP contribution in [0.2, 0.25) is 0 Å². The number of hydrogen-bond donors (Lipinski definition) is 1. The Labute approximate surface area is 177 Å². The number of piperidine rings is 1. The first-order valence-corrected chi connectivity index (χ1v) is 10.6. The number of likely N-dealkylation sites (tertiary alicyclic amines) is 1. The largest absolute Gasteiger partial charge is 0.444 e. The molecule has 1 aliphatic heterocycles. The molecule has 1 fully saturated rings. The van der Waals surface area contributed by atoms with Crippen molar-refractivity contribution in [3.05, 3.63) is 60.5 Å². The quantitative estimate of drug-likeness (QED) is 0.518.